The fourth-order valence-corrected chi connectivity index (χ4v) is 4.55. The molecule has 1 amide bonds. The van der Waals surface area contributed by atoms with Gasteiger partial charge in [0.15, 0.2) is 9.84 Å². The Bertz CT molecular complexity index is 673. The SMILES string of the molecule is CN(C)C(=O)c1sc(NCC2(C)CC2)c(S(C)(=O)=O)c1N. The maximum atomic E-state index is 12.1. The zero-order valence-electron chi connectivity index (χ0n) is 12.7. The summed E-state index contributed by atoms with van der Waals surface area (Å²) in [6.45, 7) is 2.83. The molecule has 1 aromatic heterocycles. The smallest absolute Gasteiger partial charge is 0.265 e. The summed E-state index contributed by atoms with van der Waals surface area (Å²) in [5.74, 6) is -0.284. The molecule has 0 saturated heterocycles. The third-order valence-corrected chi connectivity index (χ3v) is 6.10. The number of carbonyl (C=O) groups is 1. The molecule has 1 aliphatic rings. The van der Waals surface area contributed by atoms with E-state index in [1.54, 1.807) is 14.1 Å². The second-order valence-electron chi connectivity index (χ2n) is 6.14. The van der Waals surface area contributed by atoms with Crippen molar-refractivity contribution in [1.82, 2.24) is 4.90 Å². The van der Waals surface area contributed by atoms with Gasteiger partial charge in [0.25, 0.3) is 5.91 Å². The van der Waals surface area contributed by atoms with Crippen molar-refractivity contribution >= 4 is 37.8 Å². The average Bonchev–Trinajstić information content (AvgIpc) is 2.97. The van der Waals surface area contributed by atoms with Gasteiger partial charge in [-0.05, 0) is 18.3 Å². The first kappa shape index (κ1) is 16.1. The Morgan fingerprint density at radius 2 is 2.00 bits per heavy atom. The lowest BCUT2D eigenvalue weighted by Gasteiger charge is -2.11. The molecule has 1 fully saturated rings. The summed E-state index contributed by atoms with van der Waals surface area (Å²) in [7, 11) is -0.276. The van der Waals surface area contributed by atoms with Crippen molar-refractivity contribution in [2.24, 2.45) is 5.41 Å². The molecule has 1 aromatic rings. The van der Waals surface area contributed by atoms with Crippen molar-refractivity contribution in [2.45, 2.75) is 24.7 Å². The molecule has 0 unspecified atom stereocenters. The van der Waals surface area contributed by atoms with E-state index >= 15 is 0 Å². The standard InChI is InChI=1S/C13H21N3O3S2/c1-13(5-6-13)7-15-11-10(21(4,18)19)8(14)9(20-11)12(17)16(2)3/h15H,5-7,14H2,1-4H3. The molecule has 3 N–H and O–H groups in total. The van der Waals surface area contributed by atoms with Gasteiger partial charge >= 0.3 is 0 Å². The van der Waals surface area contributed by atoms with E-state index < -0.39 is 9.84 Å². The second kappa shape index (κ2) is 5.17. The first-order valence-corrected chi connectivity index (χ1v) is 9.34. The molecule has 1 heterocycles. The number of sulfone groups is 1. The van der Waals surface area contributed by atoms with Crippen LogP contribution in [-0.2, 0) is 9.84 Å². The van der Waals surface area contributed by atoms with E-state index in [-0.39, 0.29) is 26.8 Å². The zero-order chi connectivity index (χ0) is 16.0. The molecular formula is C13H21N3O3S2. The minimum absolute atomic E-state index is 0.0435. The molecule has 1 aliphatic carbocycles. The van der Waals surface area contributed by atoms with E-state index in [9.17, 15) is 13.2 Å². The van der Waals surface area contributed by atoms with Crippen LogP contribution in [0.15, 0.2) is 4.90 Å². The highest BCUT2D eigenvalue weighted by atomic mass is 32.2. The van der Waals surface area contributed by atoms with E-state index in [1.807, 2.05) is 0 Å². The van der Waals surface area contributed by atoms with Crippen molar-refractivity contribution in [3.8, 4) is 0 Å². The van der Waals surface area contributed by atoms with Crippen LogP contribution in [0, 0.1) is 5.41 Å². The summed E-state index contributed by atoms with van der Waals surface area (Å²) in [5.41, 5.74) is 6.20. The second-order valence-corrected chi connectivity index (χ2v) is 9.11. The van der Waals surface area contributed by atoms with Crippen LogP contribution < -0.4 is 11.1 Å². The van der Waals surface area contributed by atoms with Crippen molar-refractivity contribution < 1.29 is 13.2 Å². The third kappa shape index (κ3) is 3.32. The summed E-state index contributed by atoms with van der Waals surface area (Å²) in [6.07, 6.45) is 3.36. The summed E-state index contributed by atoms with van der Waals surface area (Å²) < 4.78 is 24.0. The number of nitrogens with zero attached hydrogens (tertiary/aromatic N) is 1. The Morgan fingerprint density at radius 3 is 2.43 bits per heavy atom. The number of thiophene rings is 1. The summed E-state index contributed by atoms with van der Waals surface area (Å²) in [4.78, 5) is 13.8. The van der Waals surface area contributed by atoms with Gasteiger partial charge in [0.05, 0.1) is 5.69 Å². The largest absolute Gasteiger partial charge is 0.396 e. The molecule has 0 atom stereocenters. The number of carbonyl (C=O) groups excluding carboxylic acids is 1. The van der Waals surface area contributed by atoms with Crippen LogP contribution >= 0.6 is 11.3 Å². The monoisotopic (exact) mass is 331 g/mol. The predicted molar refractivity (Wildman–Crippen MR) is 85.7 cm³/mol. The topological polar surface area (TPSA) is 92.5 Å². The molecule has 0 bridgehead atoms. The molecular weight excluding hydrogens is 310 g/mol. The van der Waals surface area contributed by atoms with Crippen LogP contribution in [0.25, 0.3) is 0 Å². The lowest BCUT2D eigenvalue weighted by Crippen LogP contribution is -2.21. The fraction of sp³-hybridized carbons (Fsp3) is 0.615. The van der Waals surface area contributed by atoms with Crippen LogP contribution in [0.1, 0.15) is 29.4 Å². The highest BCUT2D eigenvalue weighted by Crippen LogP contribution is 2.46. The van der Waals surface area contributed by atoms with Gasteiger partial charge in [-0.15, -0.1) is 11.3 Å². The van der Waals surface area contributed by atoms with E-state index in [0.717, 1.165) is 30.4 Å². The van der Waals surface area contributed by atoms with Gasteiger partial charge in [0.1, 0.15) is 14.8 Å². The number of amides is 1. The van der Waals surface area contributed by atoms with Crippen LogP contribution in [0.2, 0.25) is 0 Å². The highest BCUT2D eigenvalue weighted by molar-refractivity contribution is 7.91. The maximum Gasteiger partial charge on any atom is 0.265 e. The van der Waals surface area contributed by atoms with Gasteiger partial charge in [-0.2, -0.15) is 0 Å². The molecule has 0 radical (unpaired) electrons. The average molecular weight is 331 g/mol. The van der Waals surface area contributed by atoms with Gasteiger partial charge in [-0.1, -0.05) is 6.92 Å². The lowest BCUT2D eigenvalue weighted by atomic mass is 10.1. The van der Waals surface area contributed by atoms with Crippen LogP contribution in [0.3, 0.4) is 0 Å². The van der Waals surface area contributed by atoms with Crippen molar-refractivity contribution in [2.75, 3.05) is 37.9 Å². The highest BCUT2D eigenvalue weighted by Gasteiger charge is 2.38. The number of nitrogen functional groups attached to an aromatic ring is 1. The van der Waals surface area contributed by atoms with E-state index in [2.05, 4.69) is 12.2 Å². The zero-order valence-corrected chi connectivity index (χ0v) is 14.3. The number of hydrogen-bond acceptors (Lipinski definition) is 6. The summed E-state index contributed by atoms with van der Waals surface area (Å²) in [6, 6.07) is 0. The van der Waals surface area contributed by atoms with Crippen molar-refractivity contribution in [1.29, 1.82) is 0 Å². The van der Waals surface area contributed by atoms with E-state index in [0.29, 0.717) is 11.5 Å². The van der Waals surface area contributed by atoms with Gasteiger partial charge in [0.2, 0.25) is 0 Å². The lowest BCUT2D eigenvalue weighted by molar-refractivity contribution is 0.0833. The minimum Gasteiger partial charge on any atom is -0.396 e. The molecule has 0 aliphatic heterocycles. The Hall–Kier alpha value is -1.28. The van der Waals surface area contributed by atoms with Crippen LogP contribution in [-0.4, -0.2) is 46.1 Å². The Kier molecular flexibility index (Phi) is 3.96. The van der Waals surface area contributed by atoms with E-state index in [1.165, 1.54) is 4.90 Å². The Balaban J connectivity index is 2.42. The quantitative estimate of drug-likeness (QED) is 0.856. The molecule has 0 spiro atoms. The van der Waals surface area contributed by atoms with Gasteiger partial charge in [-0.25, -0.2) is 8.42 Å². The number of nitrogens with two attached hydrogens (primary N) is 1. The predicted octanol–water partition coefficient (Wildman–Crippen LogP) is 1.65. The molecule has 8 heteroatoms. The maximum absolute atomic E-state index is 12.1. The number of rotatable bonds is 5. The number of nitrogens with one attached hydrogen (secondary N) is 1. The molecule has 118 valence electrons. The molecule has 21 heavy (non-hydrogen) atoms. The fourth-order valence-electron chi connectivity index (χ4n) is 1.96. The normalized spacial score (nSPS) is 16.6. The summed E-state index contributed by atoms with van der Waals surface area (Å²) >= 11 is 1.11. The first-order chi connectivity index (χ1) is 9.55. The molecule has 0 aromatic carbocycles. The van der Waals surface area contributed by atoms with Crippen LogP contribution in [0.5, 0.6) is 0 Å². The molecule has 2 rings (SSSR count). The van der Waals surface area contributed by atoms with Crippen molar-refractivity contribution in [3.05, 3.63) is 4.88 Å². The summed E-state index contributed by atoms with van der Waals surface area (Å²) in [5, 5.41) is 3.63. The van der Waals surface area contributed by atoms with Gasteiger partial charge in [0, 0.05) is 26.9 Å². The molecule has 6 nitrogen and oxygen atoms in total. The Labute approximate surface area is 129 Å². The third-order valence-electron chi connectivity index (χ3n) is 3.65. The van der Waals surface area contributed by atoms with Gasteiger partial charge < -0.3 is 16.0 Å². The number of anilines is 2. The van der Waals surface area contributed by atoms with Gasteiger partial charge in [-0.3, -0.25) is 4.79 Å². The number of hydrogen-bond donors (Lipinski definition) is 2. The Morgan fingerprint density at radius 1 is 1.43 bits per heavy atom. The molecule has 1 saturated carbocycles. The first-order valence-electron chi connectivity index (χ1n) is 6.63. The van der Waals surface area contributed by atoms with E-state index in [4.69, 9.17) is 5.73 Å². The van der Waals surface area contributed by atoms with Crippen molar-refractivity contribution in [3.63, 3.8) is 0 Å². The van der Waals surface area contributed by atoms with Crippen LogP contribution in [0.4, 0.5) is 10.7 Å². The minimum atomic E-state index is -3.50.